The van der Waals surface area contributed by atoms with Gasteiger partial charge in [-0.3, -0.25) is 0 Å². The van der Waals surface area contributed by atoms with E-state index in [0.717, 1.165) is 0 Å². The van der Waals surface area contributed by atoms with Crippen molar-refractivity contribution in [3.05, 3.63) is 9.34 Å². The van der Waals surface area contributed by atoms with E-state index in [9.17, 15) is 0 Å². The van der Waals surface area contributed by atoms with Crippen molar-refractivity contribution in [2.45, 2.75) is 0 Å². The molecule has 0 spiro atoms. The monoisotopic (exact) mass is 244 g/mol. The summed E-state index contributed by atoms with van der Waals surface area (Å²) in [6.45, 7) is 0. The maximum atomic E-state index is 4.73. The van der Waals surface area contributed by atoms with Gasteiger partial charge >= 0.3 is 0 Å². The first-order valence-corrected chi connectivity index (χ1v) is 3.44. The molecule has 0 rings (SSSR count). The van der Waals surface area contributed by atoms with Crippen LogP contribution in [0, 0.1) is 0 Å². The van der Waals surface area contributed by atoms with E-state index in [1.807, 2.05) is 0 Å². The fourth-order valence-electron chi connectivity index (χ4n) is 0.160. The fourth-order valence-corrected chi connectivity index (χ4v) is 0.484. The van der Waals surface area contributed by atoms with Gasteiger partial charge in [-0.2, -0.15) is 0 Å². The van der Waals surface area contributed by atoms with Crippen LogP contribution in [0.15, 0.2) is 9.34 Å². The Kier molecular flexibility index (Phi) is 4.36. The predicted molar refractivity (Wildman–Crippen MR) is 38.9 cm³/mol. The summed E-state index contributed by atoms with van der Waals surface area (Å²) < 4.78 is 10.6. The Morgan fingerprint density at radius 2 is 1.25 bits per heavy atom. The van der Waals surface area contributed by atoms with Gasteiger partial charge in [-0.05, 0) is 31.9 Å². The lowest BCUT2D eigenvalue weighted by Gasteiger charge is -1.98. The summed E-state index contributed by atoms with van der Waals surface area (Å²) in [5.41, 5.74) is 0. The van der Waals surface area contributed by atoms with Crippen LogP contribution in [0.5, 0.6) is 0 Å². The molecular formula is C4H6Br2O2. The molecule has 0 fully saturated rings. The Morgan fingerprint density at radius 1 is 1.00 bits per heavy atom. The van der Waals surface area contributed by atoms with Crippen molar-refractivity contribution in [1.29, 1.82) is 0 Å². The van der Waals surface area contributed by atoms with Gasteiger partial charge in [0.05, 0.1) is 14.2 Å². The summed E-state index contributed by atoms with van der Waals surface area (Å²) in [5, 5.41) is 0. The first kappa shape index (κ1) is 8.30. The van der Waals surface area contributed by atoms with Crippen LogP contribution in [-0.2, 0) is 9.47 Å². The van der Waals surface area contributed by atoms with Gasteiger partial charge in [0.25, 0.3) is 0 Å². The highest BCUT2D eigenvalue weighted by atomic mass is 79.9. The van der Waals surface area contributed by atoms with Gasteiger partial charge in [0, 0.05) is 0 Å². The van der Waals surface area contributed by atoms with Crippen molar-refractivity contribution in [2.24, 2.45) is 0 Å². The largest absolute Gasteiger partial charge is 0.486 e. The summed E-state index contributed by atoms with van der Waals surface area (Å²) in [7, 11) is 3.09. The highest BCUT2D eigenvalue weighted by molar-refractivity contribution is 9.14. The van der Waals surface area contributed by atoms with Gasteiger partial charge in [0.2, 0.25) is 9.34 Å². The highest BCUT2D eigenvalue weighted by Crippen LogP contribution is 2.17. The lowest BCUT2D eigenvalue weighted by molar-refractivity contribution is 0.270. The normalized spacial score (nSPS) is 12.5. The van der Waals surface area contributed by atoms with Gasteiger partial charge in [-0.1, -0.05) is 0 Å². The van der Waals surface area contributed by atoms with Crippen LogP contribution in [0.1, 0.15) is 0 Å². The van der Waals surface area contributed by atoms with Crippen molar-refractivity contribution >= 4 is 31.9 Å². The molecule has 0 atom stereocenters. The molecule has 0 saturated heterocycles. The number of ether oxygens (including phenoxy) is 2. The average Bonchev–Trinajstić information content (AvgIpc) is 1.84. The predicted octanol–water partition coefficient (Wildman–Crippen LogP) is 2.20. The zero-order valence-electron chi connectivity index (χ0n) is 4.57. The molecule has 2 nitrogen and oxygen atoms in total. The molecule has 48 valence electrons. The van der Waals surface area contributed by atoms with Gasteiger partial charge in [0.15, 0.2) is 0 Å². The molecule has 4 heteroatoms. The first-order chi connectivity index (χ1) is 3.72. The number of methoxy groups -OCH3 is 2. The van der Waals surface area contributed by atoms with E-state index < -0.39 is 0 Å². The molecule has 8 heavy (non-hydrogen) atoms. The van der Waals surface area contributed by atoms with Crippen molar-refractivity contribution in [2.75, 3.05) is 14.2 Å². The molecule has 0 bridgehead atoms. The van der Waals surface area contributed by atoms with Crippen LogP contribution in [-0.4, -0.2) is 14.2 Å². The zero-order valence-corrected chi connectivity index (χ0v) is 7.74. The summed E-state index contributed by atoms with van der Waals surface area (Å²) >= 11 is 6.18. The van der Waals surface area contributed by atoms with Gasteiger partial charge < -0.3 is 9.47 Å². The third-order valence-corrected chi connectivity index (χ3v) is 2.41. The third kappa shape index (κ3) is 2.57. The summed E-state index contributed by atoms with van der Waals surface area (Å²) in [6.07, 6.45) is 0. The maximum Gasteiger partial charge on any atom is 0.211 e. The molecule has 0 heterocycles. The van der Waals surface area contributed by atoms with E-state index in [-0.39, 0.29) is 0 Å². The average molecular weight is 246 g/mol. The van der Waals surface area contributed by atoms with Gasteiger partial charge in [0.1, 0.15) is 0 Å². The van der Waals surface area contributed by atoms with E-state index in [1.54, 1.807) is 14.2 Å². The van der Waals surface area contributed by atoms with Gasteiger partial charge in [-0.15, -0.1) is 0 Å². The fraction of sp³-hybridized carbons (Fsp3) is 0.500. The number of rotatable bonds is 2. The molecule has 0 amide bonds. The van der Waals surface area contributed by atoms with E-state index >= 15 is 0 Å². The van der Waals surface area contributed by atoms with E-state index in [1.165, 1.54) is 0 Å². The van der Waals surface area contributed by atoms with Crippen molar-refractivity contribution in [3.8, 4) is 0 Å². The Labute approximate surface area is 65.1 Å². The highest BCUT2D eigenvalue weighted by Gasteiger charge is 1.96. The number of hydrogen-bond acceptors (Lipinski definition) is 2. The molecular weight excluding hydrogens is 240 g/mol. The van der Waals surface area contributed by atoms with E-state index in [0.29, 0.717) is 9.34 Å². The quantitative estimate of drug-likeness (QED) is 0.695. The minimum atomic E-state index is 0.556. The van der Waals surface area contributed by atoms with Crippen LogP contribution >= 0.6 is 31.9 Å². The van der Waals surface area contributed by atoms with Crippen LogP contribution in [0.25, 0.3) is 0 Å². The van der Waals surface area contributed by atoms with Crippen LogP contribution in [0.2, 0.25) is 0 Å². The van der Waals surface area contributed by atoms with Crippen molar-refractivity contribution < 1.29 is 9.47 Å². The Bertz CT molecular complexity index is 88.2. The molecule has 0 N–H and O–H groups in total. The molecule has 0 aliphatic carbocycles. The van der Waals surface area contributed by atoms with E-state index in [4.69, 9.17) is 9.47 Å². The lowest BCUT2D eigenvalue weighted by Crippen LogP contribution is -1.81. The summed E-state index contributed by atoms with van der Waals surface area (Å²) in [4.78, 5) is 0. The second-order valence-corrected chi connectivity index (χ2v) is 2.40. The molecule has 0 saturated carbocycles. The minimum absolute atomic E-state index is 0.556. The minimum Gasteiger partial charge on any atom is -0.486 e. The molecule has 0 aromatic heterocycles. The summed E-state index contributed by atoms with van der Waals surface area (Å²) in [6, 6.07) is 0. The standard InChI is InChI=1S/C4H6Br2O2/c1-7-3(5)4(6)8-2/h1-2H3/b4-3+. The Morgan fingerprint density at radius 3 is 1.38 bits per heavy atom. The molecule has 0 aromatic carbocycles. The van der Waals surface area contributed by atoms with Crippen LogP contribution < -0.4 is 0 Å². The zero-order chi connectivity index (χ0) is 6.57. The van der Waals surface area contributed by atoms with Crippen molar-refractivity contribution in [1.82, 2.24) is 0 Å². The lowest BCUT2D eigenvalue weighted by atomic mass is 11.0. The molecule has 0 unspecified atom stereocenters. The first-order valence-electron chi connectivity index (χ1n) is 1.85. The van der Waals surface area contributed by atoms with Crippen molar-refractivity contribution in [3.63, 3.8) is 0 Å². The summed E-state index contributed by atoms with van der Waals surface area (Å²) in [5.74, 6) is 0. The van der Waals surface area contributed by atoms with Crippen LogP contribution in [0.4, 0.5) is 0 Å². The topological polar surface area (TPSA) is 18.5 Å². The van der Waals surface area contributed by atoms with E-state index in [2.05, 4.69) is 31.9 Å². The second kappa shape index (κ2) is 4.21. The number of hydrogen-bond donors (Lipinski definition) is 0. The molecule has 0 aliphatic heterocycles. The smallest absolute Gasteiger partial charge is 0.211 e. The molecule has 0 aromatic rings. The number of halogens is 2. The van der Waals surface area contributed by atoms with Gasteiger partial charge in [-0.25, -0.2) is 0 Å². The maximum absolute atomic E-state index is 4.73. The SMILES string of the molecule is CO/C(Br)=C(\Br)OC. The molecule has 0 aliphatic rings. The third-order valence-electron chi connectivity index (χ3n) is 0.513. The van der Waals surface area contributed by atoms with Crippen LogP contribution in [0.3, 0.4) is 0 Å². The molecule has 0 radical (unpaired) electrons. The Hall–Kier alpha value is 0.300. The second-order valence-electron chi connectivity index (χ2n) is 0.956. The Balaban J connectivity index is 3.83.